The van der Waals surface area contributed by atoms with Crippen LogP contribution in [0.4, 0.5) is 5.13 Å². The Kier molecular flexibility index (Phi) is 7.99. The van der Waals surface area contributed by atoms with Crippen LogP contribution in [-0.2, 0) is 14.3 Å². The van der Waals surface area contributed by atoms with Gasteiger partial charge in [0.05, 0.1) is 23.9 Å². The molecule has 4 rings (SSSR count). The summed E-state index contributed by atoms with van der Waals surface area (Å²) in [5.41, 5.74) is 1.85. The summed E-state index contributed by atoms with van der Waals surface area (Å²) in [7, 11) is 0. The van der Waals surface area contributed by atoms with Crippen LogP contribution in [0.2, 0.25) is 5.02 Å². The number of Topliss-reactive ketones (excluding diaryl/α,β-unsaturated/α-hetero) is 1. The molecule has 0 saturated carbocycles. The van der Waals surface area contributed by atoms with Crippen LogP contribution in [-0.4, -0.2) is 41.0 Å². The van der Waals surface area contributed by atoms with Gasteiger partial charge in [0.15, 0.2) is 5.13 Å². The van der Waals surface area contributed by atoms with Crippen LogP contribution in [0.25, 0.3) is 5.76 Å². The number of aliphatic hydroxyl groups is 1. The van der Waals surface area contributed by atoms with E-state index in [2.05, 4.69) is 11.6 Å². The predicted molar refractivity (Wildman–Crippen MR) is 146 cm³/mol. The predicted octanol–water partition coefficient (Wildman–Crippen LogP) is 5.78. The number of hydrogen-bond donors (Lipinski definition) is 1. The van der Waals surface area contributed by atoms with Gasteiger partial charge in [0.2, 0.25) is 0 Å². The number of halogens is 1. The molecule has 1 unspecified atom stereocenters. The Hall–Kier alpha value is -3.95. The number of thiazole rings is 1. The van der Waals surface area contributed by atoms with Gasteiger partial charge in [-0.1, -0.05) is 47.7 Å². The molecule has 1 fully saturated rings. The largest absolute Gasteiger partial charge is 0.507 e. The van der Waals surface area contributed by atoms with Gasteiger partial charge in [-0.2, -0.15) is 0 Å². The molecule has 1 saturated heterocycles. The molecule has 0 bridgehead atoms. The molecule has 38 heavy (non-hydrogen) atoms. The highest BCUT2D eigenvalue weighted by atomic mass is 35.5. The van der Waals surface area contributed by atoms with Gasteiger partial charge in [0, 0.05) is 10.6 Å². The zero-order valence-electron chi connectivity index (χ0n) is 21.0. The Labute approximate surface area is 228 Å². The number of carbonyl (C=O) groups is 3. The summed E-state index contributed by atoms with van der Waals surface area (Å²) in [4.78, 5) is 45.0. The van der Waals surface area contributed by atoms with Crippen LogP contribution in [0, 0.1) is 13.8 Å². The molecule has 0 aliphatic carbocycles. The number of esters is 1. The van der Waals surface area contributed by atoms with Crippen molar-refractivity contribution in [1.82, 2.24) is 4.98 Å². The third kappa shape index (κ3) is 5.07. The molecule has 1 aliphatic rings. The fraction of sp³-hybridized carbons (Fsp3) is 0.214. The van der Waals surface area contributed by atoms with Gasteiger partial charge in [-0.05, 0) is 62.2 Å². The monoisotopic (exact) mass is 552 g/mol. The molecule has 1 amide bonds. The van der Waals surface area contributed by atoms with E-state index >= 15 is 0 Å². The molecule has 1 aromatic heterocycles. The quantitative estimate of drug-likeness (QED) is 0.124. The topological polar surface area (TPSA) is 106 Å². The summed E-state index contributed by atoms with van der Waals surface area (Å²) in [6, 6.07) is 10.5. The Morgan fingerprint density at radius 1 is 1.21 bits per heavy atom. The number of carbonyl (C=O) groups excluding carboxylic acids is 3. The van der Waals surface area contributed by atoms with Crippen molar-refractivity contribution >= 4 is 51.5 Å². The number of rotatable bonds is 8. The van der Waals surface area contributed by atoms with Gasteiger partial charge in [-0.15, -0.1) is 0 Å². The summed E-state index contributed by atoms with van der Waals surface area (Å²) in [5, 5.41) is 12.0. The first-order chi connectivity index (χ1) is 18.2. The third-order valence-electron chi connectivity index (χ3n) is 5.89. The van der Waals surface area contributed by atoms with Crippen molar-refractivity contribution in [3.8, 4) is 5.75 Å². The van der Waals surface area contributed by atoms with Crippen molar-refractivity contribution in [2.75, 3.05) is 18.1 Å². The van der Waals surface area contributed by atoms with Crippen molar-refractivity contribution in [3.63, 3.8) is 0 Å². The van der Waals surface area contributed by atoms with E-state index < -0.39 is 23.7 Å². The van der Waals surface area contributed by atoms with E-state index in [1.165, 1.54) is 4.90 Å². The summed E-state index contributed by atoms with van der Waals surface area (Å²) < 4.78 is 10.7. The molecule has 2 heterocycles. The highest BCUT2D eigenvalue weighted by Gasteiger charge is 2.48. The maximum absolute atomic E-state index is 13.4. The number of ether oxygens (including phenoxy) is 2. The fourth-order valence-electron chi connectivity index (χ4n) is 4.12. The van der Waals surface area contributed by atoms with Crippen LogP contribution in [0.5, 0.6) is 5.75 Å². The van der Waals surface area contributed by atoms with Gasteiger partial charge < -0.3 is 14.6 Å². The highest BCUT2D eigenvalue weighted by molar-refractivity contribution is 7.17. The molecular formula is C28H25ClN2O6S. The number of aryl methyl sites for hydroxylation is 2. The van der Waals surface area contributed by atoms with Crippen molar-refractivity contribution in [2.45, 2.75) is 26.8 Å². The van der Waals surface area contributed by atoms with E-state index in [1.54, 1.807) is 69.3 Å². The van der Waals surface area contributed by atoms with E-state index in [0.717, 1.165) is 16.9 Å². The molecule has 8 nitrogen and oxygen atoms in total. The highest BCUT2D eigenvalue weighted by Crippen LogP contribution is 2.44. The number of benzene rings is 2. The summed E-state index contributed by atoms with van der Waals surface area (Å²) in [5.74, 6) is -2.07. The second kappa shape index (κ2) is 11.2. The van der Waals surface area contributed by atoms with Crippen molar-refractivity contribution < 1.29 is 29.0 Å². The summed E-state index contributed by atoms with van der Waals surface area (Å²) in [6.45, 7) is 9.24. The van der Waals surface area contributed by atoms with E-state index in [-0.39, 0.29) is 27.9 Å². The number of anilines is 1. The van der Waals surface area contributed by atoms with Gasteiger partial charge >= 0.3 is 11.9 Å². The number of ketones is 1. The van der Waals surface area contributed by atoms with E-state index in [4.69, 9.17) is 21.1 Å². The van der Waals surface area contributed by atoms with Gasteiger partial charge in [0.25, 0.3) is 5.78 Å². The van der Waals surface area contributed by atoms with Crippen LogP contribution in [0.15, 0.2) is 60.7 Å². The number of nitrogens with zero attached hydrogens (tertiary/aromatic N) is 2. The minimum Gasteiger partial charge on any atom is -0.507 e. The maximum atomic E-state index is 13.4. The molecule has 2 aromatic carbocycles. The Bertz CT molecular complexity index is 1460. The zero-order valence-corrected chi connectivity index (χ0v) is 22.6. The molecule has 1 atom stereocenters. The molecule has 1 N–H and O–H groups in total. The lowest BCUT2D eigenvalue weighted by molar-refractivity contribution is -0.132. The second-order valence-electron chi connectivity index (χ2n) is 8.43. The van der Waals surface area contributed by atoms with Crippen molar-refractivity contribution in [1.29, 1.82) is 0 Å². The van der Waals surface area contributed by atoms with E-state index in [9.17, 15) is 19.5 Å². The minimum absolute atomic E-state index is 0.109. The SMILES string of the molecule is C=CCOc1ccc(/C(O)=C2/C(=O)C(=O)N(c3nc(C)c(C(=O)OCC)s3)C2c2ccc(Cl)cc2)cc1C. The standard InChI is InChI=1S/C28H25ClN2O6S/c1-5-13-37-20-12-9-18(14-15(20)3)23(32)21-22(17-7-10-19(29)11-8-17)31(26(34)24(21)33)28-30-16(4)25(38-28)27(35)36-6-2/h5,7-12,14,22,32H,1,6,13H2,2-4H3/b23-21-. The van der Waals surface area contributed by atoms with Gasteiger partial charge in [-0.3, -0.25) is 14.5 Å². The second-order valence-corrected chi connectivity index (χ2v) is 9.85. The smallest absolute Gasteiger partial charge is 0.350 e. The van der Waals surface area contributed by atoms with Gasteiger partial charge in [0.1, 0.15) is 23.0 Å². The van der Waals surface area contributed by atoms with Crippen molar-refractivity contribution in [3.05, 3.63) is 93.0 Å². The summed E-state index contributed by atoms with van der Waals surface area (Å²) >= 11 is 7.04. The first kappa shape index (κ1) is 27.1. The molecule has 10 heteroatoms. The Morgan fingerprint density at radius 3 is 2.55 bits per heavy atom. The molecule has 0 radical (unpaired) electrons. The average molecular weight is 553 g/mol. The first-order valence-electron chi connectivity index (χ1n) is 11.7. The first-order valence-corrected chi connectivity index (χ1v) is 12.9. The normalized spacial score (nSPS) is 16.5. The van der Waals surface area contributed by atoms with Crippen LogP contribution in [0.1, 0.15) is 45.0 Å². The lowest BCUT2D eigenvalue weighted by atomic mass is 9.95. The minimum atomic E-state index is -1.01. The third-order valence-corrected chi connectivity index (χ3v) is 7.28. The number of aromatic nitrogens is 1. The molecular weight excluding hydrogens is 528 g/mol. The molecule has 3 aromatic rings. The number of hydrogen-bond acceptors (Lipinski definition) is 8. The Balaban J connectivity index is 1.87. The molecule has 0 spiro atoms. The zero-order chi connectivity index (χ0) is 27.6. The van der Waals surface area contributed by atoms with Crippen molar-refractivity contribution in [2.24, 2.45) is 0 Å². The fourth-order valence-corrected chi connectivity index (χ4v) is 5.24. The Morgan fingerprint density at radius 2 is 1.92 bits per heavy atom. The van der Waals surface area contributed by atoms with Crippen LogP contribution in [0.3, 0.4) is 0 Å². The lowest BCUT2D eigenvalue weighted by Crippen LogP contribution is -2.29. The average Bonchev–Trinajstić information content (AvgIpc) is 3.40. The van der Waals surface area contributed by atoms with Crippen LogP contribution < -0.4 is 9.64 Å². The van der Waals surface area contributed by atoms with E-state index in [0.29, 0.717) is 34.2 Å². The van der Waals surface area contributed by atoms with E-state index in [1.807, 2.05) is 0 Å². The maximum Gasteiger partial charge on any atom is 0.350 e. The lowest BCUT2D eigenvalue weighted by Gasteiger charge is -2.23. The number of amides is 1. The molecule has 196 valence electrons. The van der Waals surface area contributed by atoms with Gasteiger partial charge in [-0.25, -0.2) is 9.78 Å². The number of aliphatic hydroxyl groups excluding tert-OH is 1. The molecule has 1 aliphatic heterocycles. The summed E-state index contributed by atoms with van der Waals surface area (Å²) in [6.07, 6.45) is 1.62. The van der Waals surface area contributed by atoms with Crippen LogP contribution >= 0.6 is 22.9 Å².